The lowest BCUT2D eigenvalue weighted by molar-refractivity contribution is 0.886. The fourth-order valence-corrected chi connectivity index (χ4v) is 3.56. The molecular weight excluding hydrogens is 266 g/mol. The van der Waals surface area contributed by atoms with E-state index in [0.717, 1.165) is 16.5 Å². The summed E-state index contributed by atoms with van der Waals surface area (Å²) >= 11 is 7.92. The Kier molecular flexibility index (Phi) is 3.57. The minimum Gasteiger partial charge on any atom is -0.258 e. The molecule has 0 bridgehead atoms. The third-order valence-corrected chi connectivity index (χ3v) is 4.70. The van der Waals surface area contributed by atoms with Crippen LogP contribution in [0.1, 0.15) is 25.7 Å². The van der Waals surface area contributed by atoms with Gasteiger partial charge in [-0.3, -0.25) is 5.10 Å². The normalized spacial score (nSPS) is 16.3. The second kappa shape index (κ2) is 5.33. The number of hydrogen-bond acceptors (Lipinski definition) is 3. The molecule has 0 atom stereocenters. The van der Waals surface area contributed by atoms with Gasteiger partial charge in [0.05, 0.1) is 5.02 Å². The molecule has 0 amide bonds. The Morgan fingerprint density at radius 2 is 2.00 bits per heavy atom. The average molecular weight is 280 g/mol. The van der Waals surface area contributed by atoms with Crippen LogP contribution in [0.15, 0.2) is 29.4 Å². The predicted octanol–water partition coefficient (Wildman–Crippen LogP) is 4.16. The highest BCUT2D eigenvalue weighted by Gasteiger charge is 2.18. The second-order valence-corrected chi connectivity index (χ2v) is 6.15. The monoisotopic (exact) mass is 279 g/mol. The van der Waals surface area contributed by atoms with E-state index in [1.54, 1.807) is 11.8 Å². The van der Waals surface area contributed by atoms with Crippen molar-refractivity contribution in [2.45, 2.75) is 36.1 Å². The van der Waals surface area contributed by atoms with Gasteiger partial charge in [0.2, 0.25) is 5.16 Å². The maximum Gasteiger partial charge on any atom is 0.209 e. The van der Waals surface area contributed by atoms with Crippen molar-refractivity contribution in [3.8, 4) is 11.4 Å². The molecule has 1 heterocycles. The number of rotatable bonds is 3. The summed E-state index contributed by atoms with van der Waals surface area (Å²) in [5, 5.41) is 9.45. The van der Waals surface area contributed by atoms with Gasteiger partial charge in [0.15, 0.2) is 5.82 Å². The van der Waals surface area contributed by atoms with Gasteiger partial charge < -0.3 is 0 Å². The van der Waals surface area contributed by atoms with Crippen LogP contribution in [-0.4, -0.2) is 20.4 Å². The van der Waals surface area contributed by atoms with Crippen molar-refractivity contribution in [1.82, 2.24) is 15.2 Å². The zero-order chi connectivity index (χ0) is 12.4. The lowest BCUT2D eigenvalue weighted by Gasteiger charge is -2.03. The Hall–Kier alpha value is -1.00. The van der Waals surface area contributed by atoms with E-state index >= 15 is 0 Å². The van der Waals surface area contributed by atoms with Crippen molar-refractivity contribution < 1.29 is 0 Å². The number of thioether (sulfide) groups is 1. The number of hydrogen-bond donors (Lipinski definition) is 1. The first-order valence-corrected chi connectivity index (χ1v) is 7.42. The first-order chi connectivity index (χ1) is 8.83. The second-order valence-electron chi connectivity index (χ2n) is 4.47. The van der Waals surface area contributed by atoms with Crippen LogP contribution >= 0.6 is 23.4 Å². The third kappa shape index (κ3) is 2.54. The molecule has 0 unspecified atom stereocenters. The van der Waals surface area contributed by atoms with Crippen LogP contribution in [0.25, 0.3) is 11.4 Å². The maximum atomic E-state index is 6.14. The molecule has 1 aliphatic carbocycles. The molecule has 0 aliphatic heterocycles. The molecule has 2 aromatic rings. The van der Waals surface area contributed by atoms with Crippen molar-refractivity contribution >= 4 is 23.4 Å². The lowest BCUT2D eigenvalue weighted by Crippen LogP contribution is -1.93. The van der Waals surface area contributed by atoms with Crippen LogP contribution in [0, 0.1) is 0 Å². The fourth-order valence-electron chi connectivity index (χ4n) is 2.23. The summed E-state index contributed by atoms with van der Waals surface area (Å²) in [5.41, 5.74) is 0.907. The van der Waals surface area contributed by atoms with E-state index in [0.29, 0.717) is 10.3 Å². The first-order valence-electron chi connectivity index (χ1n) is 6.17. The Morgan fingerprint density at radius 1 is 1.22 bits per heavy atom. The number of nitrogens with one attached hydrogen (secondary N) is 1. The van der Waals surface area contributed by atoms with Crippen LogP contribution in [0.5, 0.6) is 0 Å². The molecule has 3 rings (SSSR count). The standard InChI is InChI=1S/C13H14ClN3S/c14-11-8-4-3-7-10(11)12-15-13(17-16-12)18-9-5-1-2-6-9/h3-4,7-9H,1-2,5-6H2,(H,15,16,17). The first kappa shape index (κ1) is 12.1. The summed E-state index contributed by atoms with van der Waals surface area (Å²) in [5.74, 6) is 0.751. The lowest BCUT2D eigenvalue weighted by atomic mass is 10.2. The molecule has 1 aromatic carbocycles. The summed E-state index contributed by atoms with van der Waals surface area (Å²) in [6.07, 6.45) is 5.22. The van der Waals surface area contributed by atoms with E-state index in [1.807, 2.05) is 24.3 Å². The van der Waals surface area contributed by atoms with Crippen molar-refractivity contribution in [3.05, 3.63) is 29.3 Å². The molecule has 3 nitrogen and oxygen atoms in total. The SMILES string of the molecule is Clc1ccccc1-c1nc(SC2CCCC2)n[nH]1. The van der Waals surface area contributed by atoms with Crippen LogP contribution in [0.4, 0.5) is 0 Å². The summed E-state index contributed by atoms with van der Waals surface area (Å²) in [6.45, 7) is 0. The van der Waals surface area contributed by atoms with Gasteiger partial charge >= 0.3 is 0 Å². The highest BCUT2D eigenvalue weighted by Crippen LogP contribution is 2.34. The Bertz CT molecular complexity index is 535. The molecule has 1 saturated carbocycles. The topological polar surface area (TPSA) is 41.6 Å². The molecule has 1 aromatic heterocycles. The Balaban J connectivity index is 1.79. The largest absolute Gasteiger partial charge is 0.258 e. The van der Waals surface area contributed by atoms with Crippen molar-refractivity contribution in [3.63, 3.8) is 0 Å². The number of aromatic amines is 1. The number of halogens is 1. The number of benzene rings is 1. The van der Waals surface area contributed by atoms with Gasteiger partial charge in [-0.1, -0.05) is 48.3 Å². The van der Waals surface area contributed by atoms with Crippen molar-refractivity contribution in [1.29, 1.82) is 0 Å². The Morgan fingerprint density at radius 3 is 2.78 bits per heavy atom. The third-order valence-electron chi connectivity index (χ3n) is 3.17. The minimum atomic E-state index is 0.680. The maximum absolute atomic E-state index is 6.14. The zero-order valence-electron chi connectivity index (χ0n) is 9.90. The molecule has 1 fully saturated rings. The van der Waals surface area contributed by atoms with Gasteiger partial charge in [0, 0.05) is 10.8 Å². The number of H-pyrrole nitrogens is 1. The van der Waals surface area contributed by atoms with E-state index in [2.05, 4.69) is 15.2 Å². The van der Waals surface area contributed by atoms with Gasteiger partial charge in [0.25, 0.3) is 0 Å². The van der Waals surface area contributed by atoms with E-state index in [9.17, 15) is 0 Å². The summed E-state index contributed by atoms with van der Waals surface area (Å²) in [7, 11) is 0. The van der Waals surface area contributed by atoms with E-state index in [-0.39, 0.29) is 0 Å². The summed E-state index contributed by atoms with van der Waals surface area (Å²) < 4.78 is 0. The summed E-state index contributed by atoms with van der Waals surface area (Å²) in [6, 6.07) is 7.68. The van der Waals surface area contributed by atoms with Crippen LogP contribution in [0.2, 0.25) is 5.02 Å². The molecule has 1 N–H and O–H groups in total. The predicted molar refractivity (Wildman–Crippen MR) is 74.9 cm³/mol. The van der Waals surface area contributed by atoms with Gasteiger partial charge in [-0.2, -0.15) is 0 Å². The van der Waals surface area contributed by atoms with E-state index < -0.39 is 0 Å². The number of aromatic nitrogens is 3. The highest BCUT2D eigenvalue weighted by molar-refractivity contribution is 7.99. The Labute approximate surface area is 115 Å². The van der Waals surface area contributed by atoms with Gasteiger partial charge in [0.1, 0.15) is 0 Å². The fraction of sp³-hybridized carbons (Fsp3) is 0.385. The van der Waals surface area contributed by atoms with E-state index in [4.69, 9.17) is 11.6 Å². The van der Waals surface area contributed by atoms with Crippen molar-refractivity contribution in [2.75, 3.05) is 0 Å². The highest BCUT2D eigenvalue weighted by atomic mass is 35.5. The minimum absolute atomic E-state index is 0.680. The molecular formula is C13H14ClN3S. The number of nitrogens with zero attached hydrogens (tertiary/aromatic N) is 2. The zero-order valence-corrected chi connectivity index (χ0v) is 11.5. The van der Waals surface area contributed by atoms with Gasteiger partial charge in [-0.05, 0) is 25.0 Å². The molecule has 18 heavy (non-hydrogen) atoms. The van der Waals surface area contributed by atoms with Crippen LogP contribution < -0.4 is 0 Å². The summed E-state index contributed by atoms with van der Waals surface area (Å²) in [4.78, 5) is 4.52. The molecule has 0 saturated heterocycles. The molecule has 5 heteroatoms. The van der Waals surface area contributed by atoms with Crippen molar-refractivity contribution in [2.24, 2.45) is 0 Å². The quantitative estimate of drug-likeness (QED) is 0.917. The van der Waals surface area contributed by atoms with Gasteiger partial charge in [-0.25, -0.2) is 4.98 Å². The molecule has 94 valence electrons. The van der Waals surface area contributed by atoms with Gasteiger partial charge in [-0.15, -0.1) is 5.10 Å². The molecule has 0 radical (unpaired) electrons. The smallest absolute Gasteiger partial charge is 0.209 e. The van der Waals surface area contributed by atoms with Crippen LogP contribution in [0.3, 0.4) is 0 Å². The molecule has 0 spiro atoms. The average Bonchev–Trinajstić information content (AvgIpc) is 3.02. The van der Waals surface area contributed by atoms with E-state index in [1.165, 1.54) is 25.7 Å². The molecule has 1 aliphatic rings. The van der Waals surface area contributed by atoms with Crippen LogP contribution in [-0.2, 0) is 0 Å².